The number of hydrogen-bond acceptors (Lipinski definition) is 5. The number of ether oxygens (including phenoxy) is 1. The van der Waals surface area contributed by atoms with Crippen molar-refractivity contribution in [3.63, 3.8) is 0 Å². The second-order valence-corrected chi connectivity index (χ2v) is 8.93. The lowest BCUT2D eigenvalue weighted by atomic mass is 9.83. The van der Waals surface area contributed by atoms with Crippen LogP contribution in [0.1, 0.15) is 22.6 Å². The number of nitrogens with one attached hydrogen (secondary N) is 1. The number of nitro benzene ring substituents is 1. The van der Waals surface area contributed by atoms with E-state index in [1.54, 1.807) is 0 Å². The summed E-state index contributed by atoms with van der Waals surface area (Å²) in [5.41, 5.74) is 2.78. The van der Waals surface area contributed by atoms with Gasteiger partial charge in [0.15, 0.2) is 0 Å². The van der Waals surface area contributed by atoms with Crippen LogP contribution < -0.4 is 9.46 Å². The normalized spacial score (nSPS) is 18.3. The Labute approximate surface area is 174 Å². The fraction of sp³-hybridized carbons (Fsp3) is 0.182. The van der Waals surface area contributed by atoms with Gasteiger partial charge in [-0.1, -0.05) is 48.0 Å². The zero-order valence-corrected chi connectivity index (χ0v) is 17.0. The average molecular weight is 424 g/mol. The Bertz CT molecular complexity index is 1180. The topological polar surface area (TPSA) is 98.5 Å². The lowest BCUT2D eigenvalue weighted by molar-refractivity contribution is -0.384. The summed E-state index contributed by atoms with van der Waals surface area (Å²) < 4.78 is 34.6. The Kier molecular flexibility index (Phi) is 5.27. The van der Waals surface area contributed by atoms with Gasteiger partial charge in [-0.15, -0.1) is 0 Å². The summed E-state index contributed by atoms with van der Waals surface area (Å²) in [6.07, 6.45) is 0. The molecule has 1 aliphatic rings. The number of aryl methyl sites for hydroxylation is 1. The van der Waals surface area contributed by atoms with E-state index in [1.165, 1.54) is 24.3 Å². The SMILES string of the molecule is Cc1ccc2c(c1)[C@@H](c1ccccc1)[C@H](NS(=O)(=O)c1ccc([N+](=O)[O-])cc1)CO2. The van der Waals surface area contributed by atoms with Crippen LogP contribution in [0.4, 0.5) is 5.69 Å². The van der Waals surface area contributed by atoms with Crippen molar-refractivity contribution >= 4 is 15.7 Å². The van der Waals surface area contributed by atoms with Crippen molar-refractivity contribution in [3.8, 4) is 5.75 Å². The van der Waals surface area contributed by atoms with Gasteiger partial charge in [-0.2, -0.15) is 0 Å². The van der Waals surface area contributed by atoms with Gasteiger partial charge in [0.2, 0.25) is 10.0 Å². The van der Waals surface area contributed by atoms with Gasteiger partial charge < -0.3 is 4.74 Å². The maximum absolute atomic E-state index is 13.0. The van der Waals surface area contributed by atoms with Gasteiger partial charge in [-0.25, -0.2) is 13.1 Å². The number of rotatable bonds is 5. The first-order valence-corrected chi connectivity index (χ1v) is 10.9. The molecule has 7 nitrogen and oxygen atoms in total. The highest BCUT2D eigenvalue weighted by molar-refractivity contribution is 7.89. The van der Waals surface area contributed by atoms with Crippen LogP contribution in [0.15, 0.2) is 77.7 Å². The lowest BCUT2D eigenvalue weighted by Gasteiger charge is -2.34. The van der Waals surface area contributed by atoms with E-state index in [1.807, 2.05) is 55.5 Å². The van der Waals surface area contributed by atoms with Crippen LogP contribution in [0.3, 0.4) is 0 Å². The number of nitrogens with zero attached hydrogens (tertiary/aromatic N) is 1. The molecule has 0 bridgehead atoms. The highest BCUT2D eigenvalue weighted by Gasteiger charge is 2.35. The predicted octanol–water partition coefficient (Wildman–Crippen LogP) is 3.77. The molecule has 0 spiro atoms. The summed E-state index contributed by atoms with van der Waals surface area (Å²) in [5.74, 6) is 0.503. The van der Waals surface area contributed by atoms with Crippen molar-refractivity contribution in [1.82, 2.24) is 4.72 Å². The smallest absolute Gasteiger partial charge is 0.269 e. The maximum atomic E-state index is 13.0. The lowest BCUT2D eigenvalue weighted by Crippen LogP contribution is -2.45. The minimum absolute atomic E-state index is 0.0325. The molecule has 4 rings (SSSR count). The first kappa shape index (κ1) is 20.1. The summed E-state index contributed by atoms with van der Waals surface area (Å²) in [4.78, 5) is 10.2. The summed E-state index contributed by atoms with van der Waals surface area (Å²) in [6, 6.07) is 19.9. The molecule has 0 unspecified atom stereocenters. The van der Waals surface area contributed by atoms with Crippen LogP contribution in [0.5, 0.6) is 5.75 Å². The van der Waals surface area contributed by atoms with Gasteiger partial charge in [0.1, 0.15) is 12.4 Å². The first-order valence-electron chi connectivity index (χ1n) is 9.40. The quantitative estimate of drug-likeness (QED) is 0.496. The van der Waals surface area contributed by atoms with Crippen LogP contribution in [0, 0.1) is 17.0 Å². The molecule has 0 amide bonds. The third-order valence-corrected chi connectivity index (χ3v) is 6.65. The van der Waals surface area contributed by atoms with Gasteiger partial charge in [-0.05, 0) is 30.7 Å². The van der Waals surface area contributed by atoms with Gasteiger partial charge in [-0.3, -0.25) is 10.1 Å². The predicted molar refractivity (Wildman–Crippen MR) is 112 cm³/mol. The molecule has 3 aromatic rings. The molecule has 1 aliphatic heterocycles. The Morgan fingerprint density at radius 2 is 1.73 bits per heavy atom. The van der Waals surface area contributed by atoms with Crippen molar-refractivity contribution in [2.45, 2.75) is 23.8 Å². The van der Waals surface area contributed by atoms with Gasteiger partial charge in [0.25, 0.3) is 5.69 Å². The first-order chi connectivity index (χ1) is 14.3. The summed E-state index contributed by atoms with van der Waals surface area (Å²) in [5, 5.41) is 10.8. The Morgan fingerprint density at radius 1 is 1.03 bits per heavy atom. The Hall–Kier alpha value is -3.23. The van der Waals surface area contributed by atoms with Crippen molar-refractivity contribution in [2.75, 3.05) is 6.61 Å². The molecule has 30 heavy (non-hydrogen) atoms. The van der Waals surface area contributed by atoms with E-state index in [0.29, 0.717) is 0 Å². The molecule has 0 radical (unpaired) electrons. The zero-order chi connectivity index (χ0) is 21.3. The van der Waals surface area contributed by atoms with Gasteiger partial charge in [0, 0.05) is 23.6 Å². The standard InChI is InChI=1S/C22H20N2O5S/c1-15-7-12-21-19(13-15)22(16-5-3-2-4-6-16)20(14-29-21)23-30(27,28)18-10-8-17(9-11-18)24(25)26/h2-13,20,22-23H,14H2,1H3/t20-,22-/m1/s1. The van der Waals surface area contributed by atoms with Crippen molar-refractivity contribution in [1.29, 1.82) is 0 Å². The number of fused-ring (bicyclic) bond motifs is 1. The molecule has 1 N–H and O–H groups in total. The van der Waals surface area contributed by atoms with Gasteiger partial charge in [0.05, 0.1) is 15.9 Å². The molecule has 0 saturated carbocycles. The molecule has 0 aliphatic carbocycles. The van der Waals surface area contributed by atoms with E-state index in [4.69, 9.17) is 4.74 Å². The molecular weight excluding hydrogens is 404 g/mol. The molecule has 0 fully saturated rings. The molecule has 3 aromatic carbocycles. The van der Waals surface area contributed by atoms with Gasteiger partial charge >= 0.3 is 0 Å². The second-order valence-electron chi connectivity index (χ2n) is 7.22. The largest absolute Gasteiger partial charge is 0.492 e. The Morgan fingerprint density at radius 3 is 2.40 bits per heavy atom. The fourth-order valence-electron chi connectivity index (χ4n) is 3.72. The molecular formula is C22H20N2O5S. The summed E-state index contributed by atoms with van der Waals surface area (Å²) in [7, 11) is -3.91. The molecule has 1 heterocycles. The number of sulfonamides is 1. The van der Waals surface area contributed by atoms with Crippen molar-refractivity contribution in [3.05, 3.63) is 99.6 Å². The third-order valence-electron chi connectivity index (χ3n) is 5.14. The number of hydrogen-bond donors (Lipinski definition) is 1. The van der Waals surface area contributed by atoms with Crippen LogP contribution in [-0.4, -0.2) is 26.0 Å². The monoisotopic (exact) mass is 424 g/mol. The Balaban J connectivity index is 1.71. The zero-order valence-electron chi connectivity index (χ0n) is 16.2. The highest BCUT2D eigenvalue weighted by Crippen LogP contribution is 2.39. The summed E-state index contributed by atoms with van der Waals surface area (Å²) in [6.45, 7) is 2.15. The van der Waals surface area contributed by atoms with Crippen LogP contribution in [0.2, 0.25) is 0 Å². The second kappa shape index (κ2) is 7.89. The van der Waals surface area contributed by atoms with E-state index in [2.05, 4.69) is 4.72 Å². The van der Waals surface area contributed by atoms with Crippen molar-refractivity contribution in [2.24, 2.45) is 0 Å². The van der Waals surface area contributed by atoms with Crippen molar-refractivity contribution < 1.29 is 18.1 Å². The third kappa shape index (κ3) is 3.92. The molecule has 154 valence electrons. The minimum atomic E-state index is -3.91. The highest BCUT2D eigenvalue weighted by atomic mass is 32.2. The van der Waals surface area contributed by atoms with E-state index in [0.717, 1.165) is 22.4 Å². The van der Waals surface area contributed by atoms with E-state index in [9.17, 15) is 18.5 Å². The fourth-order valence-corrected chi connectivity index (χ4v) is 4.96. The van der Waals surface area contributed by atoms with E-state index >= 15 is 0 Å². The van der Waals surface area contributed by atoms with E-state index in [-0.39, 0.29) is 23.1 Å². The average Bonchev–Trinajstić information content (AvgIpc) is 2.74. The molecule has 8 heteroatoms. The van der Waals surface area contributed by atoms with E-state index < -0.39 is 21.0 Å². The summed E-state index contributed by atoms with van der Waals surface area (Å²) >= 11 is 0. The minimum Gasteiger partial charge on any atom is -0.492 e. The number of nitro groups is 1. The molecule has 0 saturated heterocycles. The molecule has 0 aromatic heterocycles. The molecule has 2 atom stereocenters. The number of benzene rings is 3. The maximum Gasteiger partial charge on any atom is 0.269 e. The van der Waals surface area contributed by atoms with Crippen LogP contribution in [0.25, 0.3) is 0 Å². The van der Waals surface area contributed by atoms with Crippen LogP contribution >= 0.6 is 0 Å². The van der Waals surface area contributed by atoms with Crippen LogP contribution in [-0.2, 0) is 10.0 Å². The number of non-ortho nitro benzene ring substituents is 1.